The van der Waals surface area contributed by atoms with Crippen LogP contribution in [0.5, 0.6) is 5.75 Å². The summed E-state index contributed by atoms with van der Waals surface area (Å²) in [6.07, 6.45) is 0.912. The Morgan fingerprint density at radius 2 is 2.37 bits per heavy atom. The Bertz CT molecular complexity index is 433. The number of aldehydes is 1. The molecule has 1 aromatic rings. The first-order valence-corrected chi connectivity index (χ1v) is 6.76. The fraction of sp³-hybridized carbons (Fsp3) is 0.533. The summed E-state index contributed by atoms with van der Waals surface area (Å²) in [5, 5.41) is 0. The Balaban J connectivity index is 1.97. The van der Waals surface area contributed by atoms with E-state index in [9.17, 15) is 4.79 Å². The number of hydrogen-bond acceptors (Lipinski definition) is 4. The number of hydrogen-bond donors (Lipinski definition) is 0. The van der Waals surface area contributed by atoms with Gasteiger partial charge in [-0.25, -0.2) is 0 Å². The van der Waals surface area contributed by atoms with Crippen LogP contribution >= 0.6 is 0 Å². The maximum absolute atomic E-state index is 11.0. The first-order chi connectivity index (χ1) is 9.24. The van der Waals surface area contributed by atoms with Crippen LogP contribution in [-0.2, 0) is 4.74 Å². The van der Waals surface area contributed by atoms with Crippen LogP contribution in [-0.4, -0.2) is 50.1 Å². The summed E-state index contributed by atoms with van der Waals surface area (Å²) < 4.78 is 11.5. The largest absolute Gasteiger partial charge is 0.490 e. The molecule has 1 saturated heterocycles. The summed E-state index contributed by atoms with van der Waals surface area (Å²) in [6.45, 7) is 8.23. The number of carbonyl (C=O) groups is 1. The first-order valence-electron chi connectivity index (χ1n) is 6.76. The van der Waals surface area contributed by atoms with Crippen molar-refractivity contribution in [3.05, 3.63) is 29.3 Å². The summed E-state index contributed by atoms with van der Waals surface area (Å²) in [5.41, 5.74) is 1.58. The number of aryl methyl sites for hydroxylation is 1. The second kappa shape index (κ2) is 6.68. The van der Waals surface area contributed by atoms with E-state index in [-0.39, 0.29) is 6.10 Å². The second-order valence-corrected chi connectivity index (χ2v) is 4.81. The molecular formula is C15H21NO3. The van der Waals surface area contributed by atoms with Crippen molar-refractivity contribution in [1.82, 2.24) is 4.90 Å². The Morgan fingerprint density at radius 3 is 3.11 bits per heavy atom. The van der Waals surface area contributed by atoms with Gasteiger partial charge in [-0.15, -0.1) is 0 Å². The first kappa shape index (κ1) is 14.0. The van der Waals surface area contributed by atoms with Gasteiger partial charge in [0, 0.05) is 13.1 Å². The lowest BCUT2D eigenvalue weighted by molar-refractivity contribution is -0.0465. The smallest absolute Gasteiger partial charge is 0.153 e. The third-order valence-electron chi connectivity index (χ3n) is 3.45. The van der Waals surface area contributed by atoms with Crippen molar-refractivity contribution in [1.29, 1.82) is 0 Å². The van der Waals surface area contributed by atoms with Gasteiger partial charge in [0.2, 0.25) is 0 Å². The van der Waals surface area contributed by atoms with Gasteiger partial charge in [-0.3, -0.25) is 9.69 Å². The Morgan fingerprint density at radius 1 is 1.53 bits per heavy atom. The zero-order valence-electron chi connectivity index (χ0n) is 11.6. The average molecular weight is 263 g/mol. The predicted molar refractivity (Wildman–Crippen MR) is 73.9 cm³/mol. The topological polar surface area (TPSA) is 38.8 Å². The monoisotopic (exact) mass is 263 g/mol. The Hall–Kier alpha value is -1.39. The van der Waals surface area contributed by atoms with Crippen LogP contribution in [0.1, 0.15) is 22.8 Å². The summed E-state index contributed by atoms with van der Waals surface area (Å²) in [6, 6.07) is 5.58. The highest BCUT2D eigenvalue weighted by molar-refractivity contribution is 5.80. The number of rotatable bonds is 5. The van der Waals surface area contributed by atoms with E-state index in [0.29, 0.717) is 17.9 Å². The summed E-state index contributed by atoms with van der Waals surface area (Å²) in [5.74, 6) is 0.676. The molecule has 1 atom stereocenters. The van der Waals surface area contributed by atoms with Crippen LogP contribution in [0.2, 0.25) is 0 Å². The number of benzene rings is 1. The van der Waals surface area contributed by atoms with E-state index in [2.05, 4.69) is 11.8 Å². The maximum Gasteiger partial charge on any atom is 0.153 e. The van der Waals surface area contributed by atoms with Crippen molar-refractivity contribution in [3.63, 3.8) is 0 Å². The molecule has 1 heterocycles. The summed E-state index contributed by atoms with van der Waals surface area (Å²) >= 11 is 0. The van der Waals surface area contributed by atoms with Crippen molar-refractivity contribution in [3.8, 4) is 5.75 Å². The highest BCUT2D eigenvalue weighted by atomic mass is 16.5. The van der Waals surface area contributed by atoms with E-state index >= 15 is 0 Å². The second-order valence-electron chi connectivity index (χ2n) is 4.81. The molecule has 4 nitrogen and oxygen atoms in total. The fourth-order valence-corrected chi connectivity index (χ4v) is 2.31. The van der Waals surface area contributed by atoms with Crippen LogP contribution in [0.3, 0.4) is 0 Å². The zero-order valence-corrected chi connectivity index (χ0v) is 11.6. The minimum Gasteiger partial charge on any atom is -0.490 e. The quantitative estimate of drug-likeness (QED) is 0.761. The van der Waals surface area contributed by atoms with Crippen LogP contribution in [0.25, 0.3) is 0 Å². The minimum absolute atomic E-state index is 0.0767. The molecular weight excluding hydrogens is 242 g/mol. The average Bonchev–Trinajstić information content (AvgIpc) is 2.46. The van der Waals surface area contributed by atoms with E-state index < -0.39 is 0 Å². The van der Waals surface area contributed by atoms with E-state index in [4.69, 9.17) is 9.47 Å². The molecule has 104 valence electrons. The molecule has 0 amide bonds. The van der Waals surface area contributed by atoms with E-state index in [1.54, 1.807) is 6.07 Å². The lowest BCUT2D eigenvalue weighted by Gasteiger charge is -2.32. The van der Waals surface area contributed by atoms with Crippen LogP contribution in [0.4, 0.5) is 0 Å². The molecule has 0 spiro atoms. The van der Waals surface area contributed by atoms with Gasteiger partial charge in [0.1, 0.15) is 18.5 Å². The van der Waals surface area contributed by atoms with Crippen molar-refractivity contribution < 1.29 is 14.3 Å². The molecule has 1 aliphatic heterocycles. The maximum atomic E-state index is 11.0. The number of ether oxygens (including phenoxy) is 2. The van der Waals surface area contributed by atoms with Crippen LogP contribution in [0.15, 0.2) is 18.2 Å². The van der Waals surface area contributed by atoms with Crippen molar-refractivity contribution in [2.24, 2.45) is 0 Å². The number of morpholine rings is 1. The number of carbonyl (C=O) groups excluding carboxylic acids is 1. The predicted octanol–water partition coefficient (Wildman–Crippen LogP) is 1.91. The molecule has 0 saturated carbocycles. The van der Waals surface area contributed by atoms with Gasteiger partial charge < -0.3 is 9.47 Å². The zero-order chi connectivity index (χ0) is 13.7. The minimum atomic E-state index is 0.0767. The molecule has 1 aliphatic rings. The van der Waals surface area contributed by atoms with Crippen molar-refractivity contribution >= 4 is 6.29 Å². The van der Waals surface area contributed by atoms with Gasteiger partial charge in [-0.2, -0.15) is 0 Å². The highest BCUT2D eigenvalue weighted by Crippen LogP contribution is 2.22. The van der Waals surface area contributed by atoms with E-state index in [0.717, 1.165) is 38.1 Å². The highest BCUT2D eigenvalue weighted by Gasteiger charge is 2.20. The Kier molecular flexibility index (Phi) is 4.93. The molecule has 19 heavy (non-hydrogen) atoms. The van der Waals surface area contributed by atoms with E-state index in [1.807, 2.05) is 19.1 Å². The van der Waals surface area contributed by atoms with Crippen LogP contribution in [0, 0.1) is 6.92 Å². The molecule has 0 aromatic heterocycles. The molecule has 1 fully saturated rings. The molecule has 1 unspecified atom stereocenters. The molecule has 0 radical (unpaired) electrons. The van der Waals surface area contributed by atoms with Gasteiger partial charge in [0.25, 0.3) is 0 Å². The molecule has 1 aromatic carbocycles. The molecule has 2 rings (SSSR count). The van der Waals surface area contributed by atoms with E-state index in [1.165, 1.54) is 0 Å². The normalized spacial score (nSPS) is 20.2. The standard InChI is InChI=1S/C15H21NO3/c1-3-16-7-8-18-14(9-16)11-19-15-12(2)5-4-6-13(15)10-17/h4-6,10,14H,3,7-9,11H2,1-2H3. The van der Waals surface area contributed by atoms with Crippen molar-refractivity contribution in [2.45, 2.75) is 20.0 Å². The lowest BCUT2D eigenvalue weighted by atomic mass is 10.1. The lowest BCUT2D eigenvalue weighted by Crippen LogP contribution is -2.44. The number of para-hydroxylation sites is 1. The fourth-order valence-electron chi connectivity index (χ4n) is 2.31. The van der Waals surface area contributed by atoms with Gasteiger partial charge in [0.05, 0.1) is 12.2 Å². The molecule has 4 heteroatoms. The number of nitrogens with zero attached hydrogens (tertiary/aromatic N) is 1. The van der Waals surface area contributed by atoms with Gasteiger partial charge >= 0.3 is 0 Å². The molecule has 0 bridgehead atoms. The third-order valence-corrected chi connectivity index (χ3v) is 3.45. The van der Waals surface area contributed by atoms with Gasteiger partial charge in [-0.1, -0.05) is 19.1 Å². The number of likely N-dealkylation sites (N-methyl/N-ethyl adjacent to an activating group) is 1. The van der Waals surface area contributed by atoms with Gasteiger partial charge in [-0.05, 0) is 25.1 Å². The third kappa shape index (κ3) is 3.55. The SMILES string of the molecule is CCN1CCOC(COc2c(C)cccc2C=O)C1. The van der Waals surface area contributed by atoms with Gasteiger partial charge in [0.15, 0.2) is 6.29 Å². The van der Waals surface area contributed by atoms with Crippen LogP contribution < -0.4 is 4.74 Å². The Labute approximate surface area is 114 Å². The molecule has 0 N–H and O–H groups in total. The van der Waals surface area contributed by atoms with Crippen molar-refractivity contribution in [2.75, 3.05) is 32.8 Å². The summed E-state index contributed by atoms with van der Waals surface area (Å²) in [4.78, 5) is 13.4. The summed E-state index contributed by atoms with van der Waals surface area (Å²) in [7, 11) is 0. The molecule has 0 aliphatic carbocycles.